The molecule has 5 heteroatoms. The summed E-state index contributed by atoms with van der Waals surface area (Å²) in [5.41, 5.74) is 0.0611. The van der Waals surface area contributed by atoms with Crippen LogP contribution in [0.2, 0.25) is 0 Å². The van der Waals surface area contributed by atoms with Crippen LogP contribution in [0.15, 0.2) is 24.5 Å². The van der Waals surface area contributed by atoms with Gasteiger partial charge in [-0.3, -0.25) is 15.0 Å². The number of rotatable bonds is 3. The zero-order valence-electron chi connectivity index (χ0n) is 6.64. The molecular weight excluding hydrogens is 160 g/mol. The van der Waals surface area contributed by atoms with E-state index in [9.17, 15) is 10.1 Å². The molecular formula is C7H9N2O3+. The number of hydrogen-bond donors (Lipinski definition) is 0. The van der Waals surface area contributed by atoms with Gasteiger partial charge >= 0.3 is 0 Å². The van der Waals surface area contributed by atoms with Crippen molar-refractivity contribution in [1.82, 2.24) is 0 Å². The van der Waals surface area contributed by atoms with E-state index < -0.39 is 4.92 Å². The van der Waals surface area contributed by atoms with Gasteiger partial charge in [-0.25, -0.2) is 0 Å². The first-order valence-electron chi connectivity index (χ1n) is 3.53. The first-order valence-corrected chi connectivity index (χ1v) is 3.53. The normalized spacial score (nSPS) is 9.42. The molecule has 0 aromatic carbocycles. The molecule has 0 amide bonds. The van der Waals surface area contributed by atoms with Crippen LogP contribution in [-0.4, -0.2) is 11.5 Å². The average molecular weight is 169 g/mol. The summed E-state index contributed by atoms with van der Waals surface area (Å²) in [6.07, 6.45) is 3.00. The highest BCUT2D eigenvalue weighted by atomic mass is 16.7. The zero-order valence-corrected chi connectivity index (χ0v) is 6.64. The van der Waals surface area contributed by atoms with E-state index in [0.29, 0.717) is 6.61 Å². The lowest BCUT2D eigenvalue weighted by atomic mass is 10.4. The van der Waals surface area contributed by atoms with E-state index in [1.54, 1.807) is 0 Å². The third-order valence-corrected chi connectivity index (χ3v) is 1.27. The molecule has 64 valence electrons. The standard InChI is InChI=1S/C7H9N2O3/c1-2-12-8-5-3-7(4-6-8)9(10)11/h3-6H,2H2,1H3/q+1. The Morgan fingerprint density at radius 1 is 1.58 bits per heavy atom. The van der Waals surface area contributed by atoms with E-state index in [0.717, 1.165) is 0 Å². The van der Waals surface area contributed by atoms with Gasteiger partial charge in [-0.15, -0.1) is 0 Å². The Kier molecular flexibility index (Phi) is 2.57. The predicted molar refractivity (Wildman–Crippen MR) is 40.4 cm³/mol. The minimum atomic E-state index is -0.448. The van der Waals surface area contributed by atoms with Crippen molar-refractivity contribution in [3.05, 3.63) is 34.6 Å². The molecule has 12 heavy (non-hydrogen) atoms. The van der Waals surface area contributed by atoms with Crippen molar-refractivity contribution in [2.24, 2.45) is 0 Å². The fourth-order valence-corrected chi connectivity index (χ4v) is 0.762. The number of pyridine rings is 1. The van der Waals surface area contributed by atoms with Crippen LogP contribution < -0.4 is 9.57 Å². The van der Waals surface area contributed by atoms with E-state index in [1.165, 1.54) is 29.3 Å². The molecule has 0 saturated carbocycles. The second kappa shape index (κ2) is 3.66. The molecule has 0 aliphatic rings. The van der Waals surface area contributed by atoms with Crippen molar-refractivity contribution in [3.8, 4) is 0 Å². The van der Waals surface area contributed by atoms with E-state index in [4.69, 9.17) is 4.84 Å². The second-order valence-electron chi connectivity index (χ2n) is 2.09. The van der Waals surface area contributed by atoms with Gasteiger partial charge in [0.1, 0.15) is 0 Å². The lowest BCUT2D eigenvalue weighted by Crippen LogP contribution is -2.41. The van der Waals surface area contributed by atoms with Crippen LogP contribution in [0.4, 0.5) is 5.69 Å². The zero-order chi connectivity index (χ0) is 8.97. The molecule has 0 bridgehead atoms. The van der Waals surface area contributed by atoms with Crippen LogP contribution in [0.25, 0.3) is 0 Å². The van der Waals surface area contributed by atoms with Crippen molar-refractivity contribution in [1.29, 1.82) is 0 Å². The Hall–Kier alpha value is -1.65. The Morgan fingerprint density at radius 2 is 2.17 bits per heavy atom. The van der Waals surface area contributed by atoms with Crippen LogP contribution in [0, 0.1) is 10.1 Å². The highest BCUT2D eigenvalue weighted by Gasteiger charge is 2.08. The first kappa shape index (κ1) is 8.45. The number of hydrogen-bond acceptors (Lipinski definition) is 3. The summed E-state index contributed by atoms with van der Waals surface area (Å²) >= 11 is 0. The third kappa shape index (κ3) is 1.91. The number of nitro groups is 1. The summed E-state index contributed by atoms with van der Waals surface area (Å²) in [7, 11) is 0. The maximum absolute atomic E-state index is 10.2. The van der Waals surface area contributed by atoms with Crippen LogP contribution in [-0.2, 0) is 0 Å². The fraction of sp³-hybridized carbons (Fsp3) is 0.286. The molecule has 1 aromatic rings. The van der Waals surface area contributed by atoms with Crippen LogP contribution in [0.3, 0.4) is 0 Å². The monoisotopic (exact) mass is 169 g/mol. The molecule has 1 aromatic heterocycles. The molecule has 0 fully saturated rings. The Balaban J connectivity index is 2.78. The van der Waals surface area contributed by atoms with Gasteiger partial charge in [-0.05, 0) is 6.92 Å². The minimum absolute atomic E-state index is 0.0611. The van der Waals surface area contributed by atoms with Gasteiger partial charge in [0.05, 0.1) is 17.1 Å². The molecule has 0 atom stereocenters. The summed E-state index contributed by atoms with van der Waals surface area (Å²) in [6.45, 7) is 2.37. The molecule has 0 saturated heterocycles. The average Bonchev–Trinajstić information content (AvgIpc) is 2.06. The smallest absolute Gasteiger partial charge is 0.272 e. The fourth-order valence-electron chi connectivity index (χ4n) is 0.762. The molecule has 0 aliphatic carbocycles. The quantitative estimate of drug-likeness (QED) is 0.372. The number of nitrogens with zero attached hydrogens (tertiary/aromatic N) is 2. The van der Waals surface area contributed by atoms with Crippen LogP contribution in [0.1, 0.15) is 6.92 Å². The van der Waals surface area contributed by atoms with Crippen molar-refractivity contribution in [2.75, 3.05) is 6.61 Å². The molecule has 0 unspecified atom stereocenters. The second-order valence-corrected chi connectivity index (χ2v) is 2.09. The van der Waals surface area contributed by atoms with Gasteiger partial charge < -0.3 is 0 Å². The maximum Gasteiger partial charge on any atom is 0.281 e. The van der Waals surface area contributed by atoms with Gasteiger partial charge in [-0.2, -0.15) is 0 Å². The summed E-state index contributed by atoms with van der Waals surface area (Å²) < 4.78 is 1.42. The molecule has 0 radical (unpaired) electrons. The highest BCUT2D eigenvalue weighted by Crippen LogP contribution is 2.04. The van der Waals surface area contributed by atoms with Gasteiger partial charge in [-0.1, -0.05) is 0 Å². The van der Waals surface area contributed by atoms with Gasteiger partial charge in [0.2, 0.25) is 12.4 Å². The highest BCUT2D eigenvalue weighted by molar-refractivity contribution is 5.23. The summed E-state index contributed by atoms with van der Waals surface area (Å²) in [4.78, 5) is 14.8. The Bertz CT molecular complexity index is 270. The topological polar surface area (TPSA) is 56.2 Å². The van der Waals surface area contributed by atoms with E-state index >= 15 is 0 Å². The maximum atomic E-state index is 10.2. The summed E-state index contributed by atoms with van der Waals surface area (Å²) in [5, 5.41) is 10.2. The van der Waals surface area contributed by atoms with Gasteiger partial charge in [0, 0.05) is 4.73 Å². The van der Waals surface area contributed by atoms with Crippen LogP contribution >= 0.6 is 0 Å². The molecule has 1 heterocycles. The van der Waals surface area contributed by atoms with Crippen molar-refractivity contribution in [2.45, 2.75) is 6.92 Å². The van der Waals surface area contributed by atoms with Crippen molar-refractivity contribution >= 4 is 5.69 Å². The molecule has 0 aliphatic heterocycles. The van der Waals surface area contributed by atoms with Gasteiger partial charge in [0.25, 0.3) is 5.69 Å². The lowest BCUT2D eigenvalue weighted by Gasteiger charge is -1.92. The predicted octanol–water partition coefficient (Wildman–Crippen LogP) is 0.331. The van der Waals surface area contributed by atoms with Gasteiger partial charge in [0.15, 0.2) is 6.61 Å². The van der Waals surface area contributed by atoms with Crippen LogP contribution in [0.5, 0.6) is 0 Å². The molecule has 0 spiro atoms. The Morgan fingerprint density at radius 3 is 2.58 bits per heavy atom. The van der Waals surface area contributed by atoms with Crippen molar-refractivity contribution < 1.29 is 14.5 Å². The molecule has 1 rings (SSSR count). The molecule has 5 nitrogen and oxygen atoms in total. The summed E-state index contributed by atoms with van der Waals surface area (Å²) in [6, 6.07) is 2.77. The third-order valence-electron chi connectivity index (χ3n) is 1.27. The molecule has 0 N–H and O–H groups in total. The Labute approximate surface area is 69.3 Å². The van der Waals surface area contributed by atoms with E-state index in [2.05, 4.69) is 0 Å². The first-order chi connectivity index (χ1) is 5.74. The SMILES string of the molecule is CCO[n+]1ccc([N+](=O)[O-])cc1. The lowest BCUT2D eigenvalue weighted by molar-refractivity contribution is -0.891. The van der Waals surface area contributed by atoms with Crippen molar-refractivity contribution in [3.63, 3.8) is 0 Å². The summed E-state index contributed by atoms with van der Waals surface area (Å²) in [5.74, 6) is 0. The van der Waals surface area contributed by atoms with E-state index in [-0.39, 0.29) is 5.69 Å². The minimum Gasteiger partial charge on any atom is -0.272 e. The van der Waals surface area contributed by atoms with E-state index in [1.807, 2.05) is 6.92 Å². The number of aromatic nitrogens is 1. The largest absolute Gasteiger partial charge is 0.281 e.